The molecule has 7 N–H and O–H groups in total. The second-order valence-corrected chi connectivity index (χ2v) is 12.4. The number of halogens is 4. The van der Waals surface area contributed by atoms with E-state index in [-0.39, 0.29) is 11.1 Å². The molecule has 1 aromatic carbocycles. The molecule has 0 saturated heterocycles. The molecule has 0 radical (unpaired) electrons. The third-order valence-electron chi connectivity index (χ3n) is 7.86. The van der Waals surface area contributed by atoms with Crippen molar-refractivity contribution in [3.05, 3.63) is 79.8 Å². The van der Waals surface area contributed by atoms with Crippen LogP contribution in [0.5, 0.6) is 5.75 Å². The fraction of sp³-hybridized carbons (Fsp3) is 0.441. The normalized spacial score (nSPS) is 17.3. The van der Waals surface area contributed by atoms with Gasteiger partial charge in [0.25, 0.3) is 0 Å². The predicted octanol–water partition coefficient (Wildman–Crippen LogP) is 7.65. The van der Waals surface area contributed by atoms with Gasteiger partial charge in [0.1, 0.15) is 22.3 Å². The number of alkyl halides is 1. The molecule has 12 heteroatoms. The second-order valence-electron chi connectivity index (χ2n) is 11.2. The summed E-state index contributed by atoms with van der Waals surface area (Å²) < 4.78 is 22.0. The predicted molar refractivity (Wildman–Crippen MR) is 189 cm³/mol. The van der Waals surface area contributed by atoms with Gasteiger partial charge in [0.05, 0.1) is 22.3 Å². The second kappa shape index (κ2) is 17.3. The number of aliphatic imine (C=N–C) groups is 1. The van der Waals surface area contributed by atoms with Gasteiger partial charge in [-0.25, -0.2) is 14.4 Å². The van der Waals surface area contributed by atoms with Crippen LogP contribution in [0.1, 0.15) is 80.2 Å². The van der Waals surface area contributed by atoms with Crippen LogP contribution in [-0.4, -0.2) is 54.3 Å². The number of ether oxygens (including phenoxy) is 1. The zero-order chi connectivity index (χ0) is 34.0. The average Bonchev–Trinajstić information content (AvgIpc) is 4.01. The van der Waals surface area contributed by atoms with Gasteiger partial charge in [-0.1, -0.05) is 54.2 Å². The van der Waals surface area contributed by atoms with Gasteiger partial charge in [0, 0.05) is 60.3 Å². The fourth-order valence-electron chi connectivity index (χ4n) is 5.06. The number of hydrogen-bond donors (Lipinski definition) is 4. The molecule has 2 aromatic heterocycles. The average molecular weight is 694 g/mol. The van der Waals surface area contributed by atoms with Crippen LogP contribution in [-0.2, 0) is 6.42 Å². The highest BCUT2D eigenvalue weighted by molar-refractivity contribution is 6.43. The molecule has 1 aliphatic heterocycles. The molecule has 2 saturated carbocycles. The van der Waals surface area contributed by atoms with Gasteiger partial charge < -0.3 is 27.0 Å². The monoisotopic (exact) mass is 692 g/mol. The molecule has 2 aliphatic carbocycles. The topological polar surface area (TPSA) is 146 Å². The van der Waals surface area contributed by atoms with E-state index in [0.29, 0.717) is 70.8 Å². The maximum atomic E-state index is 16.0. The standard InChI is InChI=1S/C28H28Cl3FN4O.C4H7N.CH5N.CH4O/c1-3-7-34-13-17-9-16(11-21(29)24(17)33)10-20(28(32)5-6-28)22-12-19-15(2)14-37-26(19)25(36-22)18-4-8-35-27(31)23(18)30;5-3-4-1-2-4;2*1-2/h4,8-9,11-13,15,20H,3,5-7,10,14,33H2,1-2H3;3H,1-2,5H2;2H2,1H3;2H,1H3. The van der Waals surface area contributed by atoms with Crippen LogP contribution in [0.25, 0.3) is 11.3 Å². The van der Waals surface area contributed by atoms with Crippen molar-refractivity contribution in [2.75, 3.05) is 33.0 Å². The van der Waals surface area contributed by atoms with Gasteiger partial charge >= 0.3 is 0 Å². The lowest BCUT2D eigenvalue weighted by atomic mass is 9.87. The summed E-state index contributed by atoms with van der Waals surface area (Å²) in [6.07, 6.45) is 9.81. The van der Waals surface area contributed by atoms with Gasteiger partial charge in [-0.05, 0) is 81.6 Å². The largest absolute Gasteiger partial charge is 0.490 e. The minimum atomic E-state index is -1.36. The molecular formula is C34H44Cl3FN6O2. The van der Waals surface area contributed by atoms with E-state index in [4.69, 9.17) is 61.1 Å². The third kappa shape index (κ3) is 9.10. The number of hydrogen-bond acceptors (Lipinski definition) is 8. The van der Waals surface area contributed by atoms with Crippen molar-refractivity contribution in [2.24, 2.45) is 16.5 Å². The fourth-order valence-corrected chi connectivity index (χ4v) is 5.67. The zero-order valence-electron chi connectivity index (χ0n) is 26.8. The van der Waals surface area contributed by atoms with E-state index in [1.165, 1.54) is 25.5 Å². The molecule has 3 aliphatic rings. The number of aliphatic hydroxyl groups excluding tert-OH is 1. The molecule has 0 spiro atoms. The maximum Gasteiger partial charge on any atom is 0.149 e. The number of allylic oxidation sites excluding steroid dienone is 1. The van der Waals surface area contributed by atoms with Crippen LogP contribution in [0.4, 0.5) is 10.1 Å². The molecule has 6 rings (SSSR count). The Morgan fingerprint density at radius 2 is 1.87 bits per heavy atom. The highest BCUT2D eigenvalue weighted by atomic mass is 35.5. The van der Waals surface area contributed by atoms with E-state index in [9.17, 15) is 0 Å². The minimum Gasteiger partial charge on any atom is -0.490 e. The molecule has 2 unspecified atom stereocenters. The summed E-state index contributed by atoms with van der Waals surface area (Å²) in [7, 11) is 2.50. The SMILES string of the molecule is CCCN=Cc1cc(CC(c2cc3c(c(-c4ccnc(Cl)c4Cl)n2)OCC3C)C2(F)CC2)cc(Cl)c1N.CN.CO.NC=C1CC1. The summed E-state index contributed by atoms with van der Waals surface area (Å²) in [5.41, 5.74) is 20.7. The number of nitrogens with zero attached hydrogens (tertiary/aromatic N) is 3. The Morgan fingerprint density at radius 1 is 1.17 bits per heavy atom. The Hall–Kier alpha value is -2.95. The number of aliphatic hydroxyl groups is 1. The Morgan fingerprint density at radius 3 is 2.46 bits per heavy atom. The number of anilines is 1. The van der Waals surface area contributed by atoms with Crippen molar-refractivity contribution >= 4 is 46.7 Å². The minimum absolute atomic E-state index is 0.134. The zero-order valence-corrected chi connectivity index (χ0v) is 29.1. The van der Waals surface area contributed by atoms with Crippen LogP contribution in [0.2, 0.25) is 15.2 Å². The first kappa shape index (κ1) is 37.5. The van der Waals surface area contributed by atoms with E-state index in [1.807, 2.05) is 18.2 Å². The van der Waals surface area contributed by atoms with E-state index in [2.05, 4.69) is 29.6 Å². The smallest absolute Gasteiger partial charge is 0.149 e. The Balaban J connectivity index is 0.000000567. The molecule has 2 fully saturated rings. The molecule has 0 amide bonds. The van der Waals surface area contributed by atoms with Crippen molar-refractivity contribution in [1.82, 2.24) is 9.97 Å². The molecule has 8 nitrogen and oxygen atoms in total. The molecule has 2 atom stereocenters. The van der Waals surface area contributed by atoms with Crippen molar-refractivity contribution in [1.29, 1.82) is 0 Å². The van der Waals surface area contributed by atoms with E-state index in [0.717, 1.165) is 30.2 Å². The number of fused-ring (bicyclic) bond motifs is 1. The van der Waals surface area contributed by atoms with Crippen LogP contribution in [0, 0.1) is 0 Å². The summed E-state index contributed by atoms with van der Waals surface area (Å²) in [5.74, 6) is 0.308. The van der Waals surface area contributed by atoms with Crippen molar-refractivity contribution < 1.29 is 14.2 Å². The number of aromatic nitrogens is 2. The number of pyridine rings is 2. The molecule has 46 heavy (non-hydrogen) atoms. The van der Waals surface area contributed by atoms with Gasteiger partial charge in [-0.2, -0.15) is 0 Å². The number of nitrogens with two attached hydrogens (primary N) is 3. The molecule has 0 bridgehead atoms. The number of rotatable bonds is 8. The van der Waals surface area contributed by atoms with Crippen LogP contribution in [0.3, 0.4) is 0 Å². The number of nitrogen functional groups attached to an aromatic ring is 1. The summed E-state index contributed by atoms with van der Waals surface area (Å²) in [5, 5.41) is 7.90. The van der Waals surface area contributed by atoms with E-state index >= 15 is 4.39 Å². The summed E-state index contributed by atoms with van der Waals surface area (Å²) in [6.45, 7) is 5.35. The van der Waals surface area contributed by atoms with Gasteiger partial charge in [0.15, 0.2) is 0 Å². The van der Waals surface area contributed by atoms with E-state index < -0.39 is 11.6 Å². The van der Waals surface area contributed by atoms with E-state index in [1.54, 1.807) is 24.7 Å². The first-order valence-corrected chi connectivity index (χ1v) is 16.4. The summed E-state index contributed by atoms with van der Waals surface area (Å²) in [4.78, 5) is 13.4. The lowest BCUT2D eigenvalue weighted by Gasteiger charge is -2.23. The Bertz CT molecular complexity index is 1540. The van der Waals surface area contributed by atoms with Gasteiger partial charge in [-0.15, -0.1) is 0 Å². The quantitative estimate of drug-likeness (QED) is 0.108. The Labute approximate surface area is 286 Å². The van der Waals surface area contributed by atoms with Gasteiger partial charge in [0.2, 0.25) is 0 Å². The van der Waals surface area contributed by atoms with Crippen molar-refractivity contribution in [3.63, 3.8) is 0 Å². The lowest BCUT2D eigenvalue weighted by molar-refractivity contribution is 0.250. The molecule has 3 aromatic rings. The van der Waals surface area contributed by atoms with Crippen molar-refractivity contribution in [2.45, 2.75) is 69.9 Å². The Kier molecular flexibility index (Phi) is 14.1. The first-order valence-electron chi connectivity index (χ1n) is 15.3. The van der Waals surface area contributed by atoms with Crippen LogP contribution < -0.4 is 21.9 Å². The molecule has 3 heterocycles. The summed E-state index contributed by atoms with van der Waals surface area (Å²) >= 11 is 19.2. The van der Waals surface area contributed by atoms with Gasteiger partial charge in [-0.3, -0.25) is 4.99 Å². The molecular weight excluding hydrogens is 650 g/mol. The van der Waals surface area contributed by atoms with Crippen molar-refractivity contribution in [3.8, 4) is 17.0 Å². The van der Waals surface area contributed by atoms with Crippen LogP contribution >= 0.6 is 34.8 Å². The highest BCUT2D eigenvalue weighted by Gasteiger charge is 2.51. The first-order chi connectivity index (χ1) is 22.1. The third-order valence-corrected chi connectivity index (χ3v) is 8.94. The highest BCUT2D eigenvalue weighted by Crippen LogP contribution is 2.54. The molecule has 250 valence electrons. The lowest BCUT2D eigenvalue weighted by Crippen LogP contribution is -2.20. The summed E-state index contributed by atoms with van der Waals surface area (Å²) in [6, 6.07) is 7.50. The maximum absolute atomic E-state index is 16.0. The van der Waals surface area contributed by atoms with Crippen LogP contribution in [0.15, 0.2) is 47.2 Å². The number of benzene rings is 1.